The van der Waals surface area contributed by atoms with Crippen molar-refractivity contribution >= 4 is 11.8 Å². The fraction of sp³-hybridized carbons (Fsp3) is 0.238. The highest BCUT2D eigenvalue weighted by Gasteiger charge is 2.47. The van der Waals surface area contributed by atoms with Gasteiger partial charge in [0.15, 0.2) is 5.82 Å². The van der Waals surface area contributed by atoms with E-state index in [0.29, 0.717) is 12.4 Å². The first kappa shape index (κ1) is 18.9. The van der Waals surface area contributed by atoms with Gasteiger partial charge in [0.05, 0.1) is 30.7 Å². The van der Waals surface area contributed by atoms with E-state index in [2.05, 4.69) is 38.3 Å². The van der Waals surface area contributed by atoms with Crippen LogP contribution in [0.25, 0.3) is 16.9 Å². The molecule has 0 aliphatic carbocycles. The average molecular weight is 416 g/mol. The molecular formula is C21H20N8O2. The summed E-state index contributed by atoms with van der Waals surface area (Å²) < 4.78 is 7.20. The van der Waals surface area contributed by atoms with Gasteiger partial charge in [-0.25, -0.2) is 14.5 Å². The second kappa shape index (κ2) is 7.63. The molecule has 1 unspecified atom stereocenters. The first-order chi connectivity index (χ1) is 15.1. The molecule has 0 radical (unpaired) electrons. The van der Waals surface area contributed by atoms with Crippen molar-refractivity contribution in [3.63, 3.8) is 0 Å². The number of carbonyl (C=O) groups excluding carboxylic acids is 1. The SMILES string of the molecule is C=CN=NN(C)C[C@@H]1OC(=O)N2c3ccc(-c4ccc(-n5ccnn5)nc4)cc3CC12. The number of ether oxygens (including phenoxy) is 1. The summed E-state index contributed by atoms with van der Waals surface area (Å²) in [7, 11) is 1.79. The van der Waals surface area contributed by atoms with Gasteiger partial charge in [0.2, 0.25) is 0 Å². The van der Waals surface area contributed by atoms with Crippen molar-refractivity contribution in [1.29, 1.82) is 0 Å². The largest absolute Gasteiger partial charge is 0.442 e. The van der Waals surface area contributed by atoms with Crippen molar-refractivity contribution in [2.24, 2.45) is 10.3 Å². The molecule has 0 N–H and O–H groups in total. The molecule has 156 valence electrons. The van der Waals surface area contributed by atoms with Crippen LogP contribution in [0.3, 0.4) is 0 Å². The lowest BCUT2D eigenvalue weighted by atomic mass is 10.0. The van der Waals surface area contributed by atoms with Crippen LogP contribution in [0.4, 0.5) is 10.5 Å². The van der Waals surface area contributed by atoms with Gasteiger partial charge in [0, 0.05) is 25.0 Å². The molecule has 2 aliphatic heterocycles. The topological polar surface area (TPSA) is 101 Å². The summed E-state index contributed by atoms with van der Waals surface area (Å²) in [6, 6.07) is 9.92. The zero-order valence-electron chi connectivity index (χ0n) is 16.9. The fourth-order valence-corrected chi connectivity index (χ4v) is 4.06. The van der Waals surface area contributed by atoms with E-state index < -0.39 is 0 Å². The monoisotopic (exact) mass is 416 g/mol. The number of fused-ring (bicyclic) bond motifs is 3. The third-order valence-corrected chi connectivity index (χ3v) is 5.45. The molecule has 2 atom stereocenters. The minimum atomic E-state index is -0.325. The van der Waals surface area contributed by atoms with Crippen molar-refractivity contribution < 1.29 is 9.53 Å². The van der Waals surface area contributed by atoms with Gasteiger partial charge in [0.25, 0.3) is 0 Å². The summed E-state index contributed by atoms with van der Waals surface area (Å²) in [5.41, 5.74) is 4.03. The van der Waals surface area contributed by atoms with Gasteiger partial charge < -0.3 is 4.74 Å². The maximum absolute atomic E-state index is 12.5. The predicted octanol–water partition coefficient (Wildman–Crippen LogP) is 3.02. The molecule has 31 heavy (non-hydrogen) atoms. The normalized spacial score (nSPS) is 19.4. The maximum atomic E-state index is 12.5. The van der Waals surface area contributed by atoms with Crippen LogP contribution < -0.4 is 4.90 Å². The number of hydrogen-bond donors (Lipinski definition) is 0. The molecule has 1 fully saturated rings. The van der Waals surface area contributed by atoms with Gasteiger partial charge in [-0.1, -0.05) is 23.1 Å². The predicted molar refractivity (Wildman–Crippen MR) is 113 cm³/mol. The molecule has 2 aliphatic rings. The third kappa shape index (κ3) is 3.41. The molecule has 0 bridgehead atoms. The van der Waals surface area contributed by atoms with Gasteiger partial charge in [-0.05, 0) is 41.8 Å². The third-order valence-electron chi connectivity index (χ3n) is 5.45. The zero-order valence-corrected chi connectivity index (χ0v) is 16.9. The highest BCUT2D eigenvalue weighted by atomic mass is 16.6. The summed E-state index contributed by atoms with van der Waals surface area (Å²) in [4.78, 5) is 18.7. The van der Waals surface area contributed by atoms with Crippen LogP contribution in [0.15, 0.2) is 72.0 Å². The molecule has 3 aromatic rings. The number of amides is 1. The Labute approximate surface area is 178 Å². The fourth-order valence-electron chi connectivity index (χ4n) is 4.06. The van der Waals surface area contributed by atoms with Crippen LogP contribution in [0.1, 0.15) is 5.56 Å². The molecule has 2 aromatic heterocycles. The summed E-state index contributed by atoms with van der Waals surface area (Å²) >= 11 is 0. The second-order valence-electron chi connectivity index (χ2n) is 7.39. The van der Waals surface area contributed by atoms with E-state index in [0.717, 1.165) is 28.8 Å². The number of rotatable bonds is 6. The van der Waals surface area contributed by atoms with Crippen LogP contribution in [-0.2, 0) is 11.2 Å². The molecule has 4 heterocycles. The number of benzene rings is 1. The Bertz CT molecular complexity index is 1140. The van der Waals surface area contributed by atoms with E-state index >= 15 is 0 Å². The van der Waals surface area contributed by atoms with E-state index in [-0.39, 0.29) is 18.2 Å². The molecule has 1 saturated heterocycles. The lowest BCUT2D eigenvalue weighted by molar-refractivity contribution is 0.103. The molecule has 0 spiro atoms. The molecule has 10 nitrogen and oxygen atoms in total. The van der Waals surface area contributed by atoms with Gasteiger partial charge >= 0.3 is 6.09 Å². The standard InChI is InChI=1S/C21H20N8O2/c1-3-23-25-27(2)13-19-18-11-16-10-14(4-6-17(16)29(18)21(30)31-19)15-5-7-20(22-12-15)28-9-8-24-26-28/h3-10,12,18-19H,1,11,13H2,2H3/t18?,19-/m0/s1. The molecule has 1 amide bonds. The van der Waals surface area contributed by atoms with Gasteiger partial charge in [-0.15, -0.1) is 10.2 Å². The lowest BCUT2D eigenvalue weighted by Gasteiger charge is -2.20. The Kier molecular flexibility index (Phi) is 4.66. The van der Waals surface area contributed by atoms with Crippen LogP contribution in [-0.4, -0.2) is 56.8 Å². The van der Waals surface area contributed by atoms with E-state index in [1.54, 1.807) is 34.0 Å². The van der Waals surface area contributed by atoms with Gasteiger partial charge in [-0.3, -0.25) is 9.91 Å². The number of nitrogens with zero attached hydrogens (tertiary/aromatic N) is 8. The number of aromatic nitrogens is 4. The Morgan fingerprint density at radius 1 is 1.32 bits per heavy atom. The number of carbonyl (C=O) groups is 1. The van der Waals surface area contributed by atoms with E-state index in [4.69, 9.17) is 4.74 Å². The summed E-state index contributed by atoms with van der Waals surface area (Å²) in [5, 5.41) is 17.2. The maximum Gasteiger partial charge on any atom is 0.415 e. The highest BCUT2D eigenvalue weighted by Crippen LogP contribution is 2.40. The van der Waals surface area contributed by atoms with Crippen molar-refractivity contribution in [2.45, 2.75) is 18.6 Å². The minimum Gasteiger partial charge on any atom is -0.442 e. The smallest absolute Gasteiger partial charge is 0.415 e. The van der Waals surface area contributed by atoms with Crippen molar-refractivity contribution in [3.05, 3.63) is 67.3 Å². The van der Waals surface area contributed by atoms with Crippen molar-refractivity contribution in [2.75, 3.05) is 18.5 Å². The Morgan fingerprint density at radius 2 is 2.19 bits per heavy atom. The summed E-state index contributed by atoms with van der Waals surface area (Å²) in [6.07, 6.45) is 6.64. The number of anilines is 1. The van der Waals surface area contributed by atoms with Crippen LogP contribution in [0, 0.1) is 0 Å². The first-order valence-corrected chi connectivity index (χ1v) is 9.83. The molecular weight excluding hydrogens is 396 g/mol. The van der Waals surface area contributed by atoms with Crippen molar-refractivity contribution in [1.82, 2.24) is 25.0 Å². The molecule has 5 rings (SSSR count). The van der Waals surface area contributed by atoms with E-state index in [1.807, 2.05) is 30.5 Å². The van der Waals surface area contributed by atoms with E-state index in [9.17, 15) is 4.79 Å². The van der Waals surface area contributed by atoms with Crippen LogP contribution >= 0.6 is 0 Å². The van der Waals surface area contributed by atoms with Gasteiger partial charge in [-0.2, -0.15) is 0 Å². The molecule has 10 heteroatoms. The highest BCUT2D eigenvalue weighted by molar-refractivity contribution is 5.94. The molecule has 0 saturated carbocycles. The summed E-state index contributed by atoms with van der Waals surface area (Å²) in [6.45, 7) is 3.97. The number of hydrogen-bond acceptors (Lipinski definition) is 7. The van der Waals surface area contributed by atoms with Crippen molar-refractivity contribution in [3.8, 4) is 16.9 Å². The van der Waals surface area contributed by atoms with E-state index in [1.165, 1.54) is 6.20 Å². The van der Waals surface area contributed by atoms with Crippen LogP contribution in [0.5, 0.6) is 0 Å². The zero-order chi connectivity index (χ0) is 21.4. The second-order valence-corrected chi connectivity index (χ2v) is 7.39. The summed E-state index contributed by atoms with van der Waals surface area (Å²) in [5.74, 6) is 0.700. The first-order valence-electron chi connectivity index (χ1n) is 9.83. The number of pyridine rings is 1. The Balaban J connectivity index is 1.37. The van der Waals surface area contributed by atoms with Gasteiger partial charge in [0.1, 0.15) is 6.10 Å². The minimum absolute atomic E-state index is 0.0630. The number of cyclic esters (lactones) is 1. The Morgan fingerprint density at radius 3 is 2.94 bits per heavy atom. The van der Waals surface area contributed by atoms with Crippen LogP contribution in [0.2, 0.25) is 0 Å². The Hall–Kier alpha value is -4.08. The quantitative estimate of drug-likeness (QED) is 0.452. The number of likely N-dealkylation sites (N-methyl/N-ethyl adjacent to an activating group) is 1. The average Bonchev–Trinajstić information content (AvgIpc) is 3.50. The lowest BCUT2D eigenvalue weighted by Crippen LogP contribution is -2.38. The molecule has 1 aromatic carbocycles.